The van der Waals surface area contributed by atoms with Crippen LogP contribution in [0.1, 0.15) is 16.2 Å². The highest BCUT2D eigenvalue weighted by molar-refractivity contribution is 6.09. The molecule has 5 rings (SSSR count). The van der Waals surface area contributed by atoms with Crippen molar-refractivity contribution in [3.05, 3.63) is 66.2 Å². The predicted octanol–water partition coefficient (Wildman–Crippen LogP) is 0.516. The molecular weight excluding hydrogens is 528 g/mol. The largest absolute Gasteiger partial charge is 0.478 e. The van der Waals surface area contributed by atoms with Crippen molar-refractivity contribution < 1.29 is 54.4 Å². The third-order valence-corrected chi connectivity index (χ3v) is 7.35. The third-order valence-electron chi connectivity index (χ3n) is 7.35. The van der Waals surface area contributed by atoms with Crippen molar-refractivity contribution in [2.45, 2.75) is 43.4 Å². The van der Waals surface area contributed by atoms with E-state index in [9.17, 15) is 40.2 Å². The summed E-state index contributed by atoms with van der Waals surface area (Å²) in [7, 11) is 0. The normalized spacial score (nSPS) is 30.6. The Labute approximate surface area is 226 Å². The Balaban J connectivity index is 1.52. The van der Waals surface area contributed by atoms with Gasteiger partial charge in [-0.15, -0.1) is 6.58 Å². The van der Waals surface area contributed by atoms with E-state index in [1.54, 1.807) is 0 Å². The van der Waals surface area contributed by atoms with Gasteiger partial charge in [-0.3, -0.25) is 0 Å². The molecule has 4 heterocycles. The van der Waals surface area contributed by atoms with E-state index in [4.69, 9.17) is 14.2 Å². The fourth-order valence-corrected chi connectivity index (χ4v) is 5.26. The highest BCUT2D eigenvalue weighted by Crippen LogP contribution is 2.38. The summed E-state index contributed by atoms with van der Waals surface area (Å²) in [5, 5.41) is 61.1. The molecule has 0 radical (unpaired) electrons. The van der Waals surface area contributed by atoms with Crippen LogP contribution in [-0.4, -0.2) is 96.1 Å². The quantitative estimate of drug-likeness (QED) is 0.189. The molecule has 0 aliphatic carbocycles. The molecule has 7 N–H and O–H groups in total. The smallest absolute Gasteiger partial charge is 0.354 e. The van der Waals surface area contributed by atoms with Crippen LogP contribution in [0.3, 0.4) is 0 Å². The van der Waals surface area contributed by atoms with Crippen molar-refractivity contribution in [2.75, 3.05) is 6.61 Å². The lowest BCUT2D eigenvalue weighted by atomic mass is 9.80. The van der Waals surface area contributed by atoms with Gasteiger partial charge in [0.2, 0.25) is 6.29 Å². The highest BCUT2D eigenvalue weighted by Gasteiger charge is 2.47. The van der Waals surface area contributed by atoms with Crippen LogP contribution < -0.4 is 0 Å². The number of aliphatic hydroxyl groups excluding tert-OH is 4. The number of carbonyl (C=O) groups is 2. The maximum Gasteiger partial charge on any atom is 0.354 e. The molecule has 212 valence electrons. The Hall–Kier alpha value is -3.85. The number of aliphatic carboxylic acids is 1. The number of rotatable bonds is 8. The number of nitrogens with one attached hydrogen (secondary N) is 1. The van der Waals surface area contributed by atoms with Gasteiger partial charge in [0.25, 0.3) is 0 Å². The first-order valence-corrected chi connectivity index (χ1v) is 12.5. The molecule has 13 heteroatoms. The second kappa shape index (κ2) is 11.0. The summed E-state index contributed by atoms with van der Waals surface area (Å²) in [5.41, 5.74) is 1.21. The minimum absolute atomic E-state index is 0.0584. The van der Waals surface area contributed by atoms with E-state index in [2.05, 4.69) is 16.5 Å². The molecule has 8 atom stereocenters. The fraction of sp³-hybridized carbons (Fsp3) is 0.370. The Morgan fingerprint density at radius 2 is 1.80 bits per heavy atom. The number of carboxylic acid groups (broad SMARTS) is 2. The number of aromatic nitrogens is 2. The summed E-state index contributed by atoms with van der Waals surface area (Å²) in [6.45, 7) is 3.13. The van der Waals surface area contributed by atoms with Crippen molar-refractivity contribution in [3.8, 4) is 0 Å². The number of ether oxygens (including phenoxy) is 3. The van der Waals surface area contributed by atoms with Gasteiger partial charge in [0.15, 0.2) is 6.29 Å². The predicted molar refractivity (Wildman–Crippen MR) is 137 cm³/mol. The van der Waals surface area contributed by atoms with Gasteiger partial charge in [-0.05, 0) is 18.6 Å². The van der Waals surface area contributed by atoms with E-state index >= 15 is 0 Å². The number of para-hydroxylation sites is 1. The first-order valence-electron chi connectivity index (χ1n) is 12.5. The SMILES string of the molecule is C=CC1C(Cc2nc(C(=O)O)cc3c2[nH]c2ccccc23)C(C(=O)O)=CO[C@H]1O[C@@H]1O[C@H](CO)[C@@H](O)[C@H](O)[C@H]1O. The van der Waals surface area contributed by atoms with Crippen molar-refractivity contribution in [2.24, 2.45) is 11.8 Å². The topological polar surface area (TPSA) is 212 Å². The monoisotopic (exact) mass is 556 g/mol. The summed E-state index contributed by atoms with van der Waals surface area (Å²) >= 11 is 0. The molecule has 0 saturated carbocycles. The first kappa shape index (κ1) is 27.7. The van der Waals surface area contributed by atoms with E-state index in [-0.39, 0.29) is 17.7 Å². The number of aliphatic hydroxyl groups is 4. The molecule has 0 amide bonds. The molecule has 13 nitrogen and oxygen atoms in total. The van der Waals surface area contributed by atoms with Crippen LogP contribution in [0.4, 0.5) is 0 Å². The van der Waals surface area contributed by atoms with Gasteiger partial charge >= 0.3 is 11.9 Å². The molecular formula is C27H28N2O11. The van der Waals surface area contributed by atoms with E-state index < -0.39 is 67.4 Å². The maximum atomic E-state index is 12.2. The second-order valence-corrected chi connectivity index (χ2v) is 9.69. The minimum Gasteiger partial charge on any atom is -0.478 e. The van der Waals surface area contributed by atoms with Crippen molar-refractivity contribution in [3.63, 3.8) is 0 Å². The number of aromatic amines is 1. The highest BCUT2D eigenvalue weighted by atomic mass is 16.8. The number of aromatic carboxylic acids is 1. The molecule has 0 spiro atoms. The average molecular weight is 557 g/mol. The minimum atomic E-state index is -1.71. The molecule has 40 heavy (non-hydrogen) atoms. The summed E-state index contributed by atoms with van der Waals surface area (Å²) < 4.78 is 16.8. The molecule has 1 aromatic carbocycles. The molecule has 1 saturated heterocycles. The van der Waals surface area contributed by atoms with Crippen LogP contribution in [0.15, 0.2) is 54.8 Å². The zero-order chi connectivity index (χ0) is 28.7. The number of hydrogen-bond acceptors (Lipinski definition) is 10. The van der Waals surface area contributed by atoms with Crippen molar-refractivity contribution in [1.82, 2.24) is 9.97 Å². The summed E-state index contributed by atoms with van der Waals surface area (Å²) in [6.07, 6.45) is -6.71. The van der Waals surface area contributed by atoms with E-state index in [1.165, 1.54) is 12.1 Å². The van der Waals surface area contributed by atoms with Gasteiger partial charge in [0, 0.05) is 28.1 Å². The Bertz CT molecular complexity index is 1480. The Morgan fingerprint density at radius 3 is 2.48 bits per heavy atom. The molecule has 2 aromatic heterocycles. The van der Waals surface area contributed by atoms with Gasteiger partial charge < -0.3 is 49.8 Å². The van der Waals surface area contributed by atoms with Gasteiger partial charge in [0.05, 0.1) is 29.7 Å². The number of fused-ring (bicyclic) bond motifs is 3. The fourth-order valence-electron chi connectivity index (χ4n) is 5.26. The zero-order valence-corrected chi connectivity index (χ0v) is 21.0. The van der Waals surface area contributed by atoms with Crippen LogP contribution >= 0.6 is 0 Å². The Kier molecular flexibility index (Phi) is 7.59. The van der Waals surface area contributed by atoms with Crippen LogP contribution in [0.2, 0.25) is 0 Å². The van der Waals surface area contributed by atoms with E-state index in [0.29, 0.717) is 16.6 Å². The lowest BCUT2D eigenvalue weighted by Gasteiger charge is -2.43. The number of benzene rings is 1. The second-order valence-electron chi connectivity index (χ2n) is 9.69. The number of carboxylic acids is 2. The van der Waals surface area contributed by atoms with Crippen LogP contribution in [0, 0.1) is 11.8 Å². The number of pyridine rings is 1. The maximum absolute atomic E-state index is 12.2. The summed E-state index contributed by atoms with van der Waals surface area (Å²) in [5.74, 6) is -4.30. The number of hydrogen-bond donors (Lipinski definition) is 7. The zero-order valence-electron chi connectivity index (χ0n) is 21.0. The van der Waals surface area contributed by atoms with E-state index in [0.717, 1.165) is 17.2 Å². The molecule has 2 aliphatic rings. The standard InChI is InChI=1S/C27H28N2O11/c1-2-11-13(7-17-20-14(8-18(28-17)25(36)37)12-5-3-4-6-16(12)29-20)15(24(34)35)10-38-26(11)40-27-23(33)22(32)21(31)19(9-30)39-27/h2-6,8,10-11,13,19,21-23,26-27,29-33H,1,7,9H2,(H,34,35)(H,36,37)/t11?,13?,19-,21-,22+,23-,26+,27+/m1/s1. The van der Waals surface area contributed by atoms with Gasteiger partial charge in [-0.25, -0.2) is 14.6 Å². The lowest BCUT2D eigenvalue weighted by Crippen LogP contribution is -2.60. The molecule has 1 fully saturated rings. The molecule has 2 unspecified atom stereocenters. The van der Waals surface area contributed by atoms with Crippen molar-refractivity contribution >= 4 is 33.7 Å². The third kappa shape index (κ3) is 4.83. The molecule has 0 bridgehead atoms. The molecule has 2 aliphatic heterocycles. The first-order chi connectivity index (χ1) is 19.1. The van der Waals surface area contributed by atoms with Crippen LogP contribution in [0.25, 0.3) is 21.8 Å². The van der Waals surface area contributed by atoms with Crippen LogP contribution in [-0.2, 0) is 25.4 Å². The lowest BCUT2D eigenvalue weighted by molar-refractivity contribution is -0.339. The van der Waals surface area contributed by atoms with Crippen LogP contribution in [0.5, 0.6) is 0 Å². The van der Waals surface area contributed by atoms with Gasteiger partial charge in [-0.2, -0.15) is 0 Å². The molecule has 3 aromatic rings. The van der Waals surface area contributed by atoms with E-state index in [1.807, 2.05) is 24.3 Å². The number of H-pyrrole nitrogens is 1. The van der Waals surface area contributed by atoms with Gasteiger partial charge in [-0.1, -0.05) is 24.3 Å². The average Bonchev–Trinajstić information content (AvgIpc) is 3.32. The van der Waals surface area contributed by atoms with Crippen molar-refractivity contribution in [1.29, 1.82) is 0 Å². The Morgan fingerprint density at radius 1 is 1.05 bits per heavy atom. The summed E-state index contributed by atoms with van der Waals surface area (Å²) in [6, 6.07) is 8.74. The van der Waals surface area contributed by atoms with Gasteiger partial charge in [0.1, 0.15) is 30.1 Å². The summed E-state index contributed by atoms with van der Waals surface area (Å²) in [4.78, 5) is 31.7. The number of nitrogens with zero attached hydrogens (tertiary/aromatic N) is 1.